The normalized spacial score (nSPS) is 14.2. The van der Waals surface area contributed by atoms with E-state index in [0.29, 0.717) is 18.7 Å². The third kappa shape index (κ3) is 7.43. The van der Waals surface area contributed by atoms with Crippen LogP contribution in [0.5, 0.6) is 0 Å². The zero-order valence-corrected chi connectivity index (χ0v) is 14.8. The molecule has 7 nitrogen and oxygen atoms in total. The van der Waals surface area contributed by atoms with Crippen molar-refractivity contribution in [2.75, 3.05) is 25.4 Å². The topological polar surface area (TPSA) is 130 Å². The first-order valence-corrected chi connectivity index (χ1v) is 8.65. The summed E-state index contributed by atoms with van der Waals surface area (Å²) in [5.74, 6) is -1.49. The largest absolute Gasteiger partial charge is 0.396 e. The van der Waals surface area contributed by atoms with E-state index >= 15 is 0 Å². The first-order valence-electron chi connectivity index (χ1n) is 7.67. The van der Waals surface area contributed by atoms with Gasteiger partial charge in [-0.3, -0.25) is 14.4 Å². The van der Waals surface area contributed by atoms with E-state index in [4.69, 9.17) is 5.73 Å². The Balaban J connectivity index is 4.80. The van der Waals surface area contributed by atoms with Crippen molar-refractivity contribution in [1.82, 2.24) is 5.32 Å². The second kappa shape index (κ2) is 10.7. The Morgan fingerprint density at radius 3 is 2.39 bits per heavy atom. The fraction of sp³-hybridized carbons (Fsp3) is 0.800. The van der Waals surface area contributed by atoms with Crippen LogP contribution in [0.15, 0.2) is 0 Å². The molecule has 0 saturated heterocycles. The van der Waals surface area contributed by atoms with Crippen molar-refractivity contribution in [2.45, 2.75) is 39.7 Å². The number of hydrogen-bond donors (Lipinski definition) is 4. The number of aliphatic hydroxyl groups excluding tert-OH is 2. The molecule has 23 heavy (non-hydrogen) atoms. The van der Waals surface area contributed by atoms with E-state index in [1.807, 2.05) is 6.92 Å². The molecule has 0 spiro atoms. The van der Waals surface area contributed by atoms with Crippen molar-refractivity contribution in [3.05, 3.63) is 0 Å². The van der Waals surface area contributed by atoms with Crippen LogP contribution in [0.2, 0.25) is 0 Å². The van der Waals surface area contributed by atoms with Crippen LogP contribution < -0.4 is 11.1 Å². The Labute approximate surface area is 141 Å². The van der Waals surface area contributed by atoms with Crippen LogP contribution in [0.1, 0.15) is 33.6 Å². The Morgan fingerprint density at radius 1 is 1.30 bits per heavy atom. The highest BCUT2D eigenvalue weighted by Crippen LogP contribution is 2.20. The Morgan fingerprint density at radius 2 is 1.91 bits per heavy atom. The van der Waals surface area contributed by atoms with Gasteiger partial charge in [0, 0.05) is 30.7 Å². The predicted molar refractivity (Wildman–Crippen MR) is 89.8 cm³/mol. The van der Waals surface area contributed by atoms with Gasteiger partial charge in [0.15, 0.2) is 0 Å². The van der Waals surface area contributed by atoms with Crippen LogP contribution >= 0.6 is 11.8 Å². The molecular formula is C15H28N2O5S. The van der Waals surface area contributed by atoms with Gasteiger partial charge >= 0.3 is 0 Å². The average molecular weight is 348 g/mol. The van der Waals surface area contributed by atoms with Crippen LogP contribution in [0.3, 0.4) is 0 Å². The molecule has 1 amide bonds. The van der Waals surface area contributed by atoms with E-state index in [2.05, 4.69) is 5.32 Å². The van der Waals surface area contributed by atoms with Gasteiger partial charge in [-0.1, -0.05) is 32.5 Å². The summed E-state index contributed by atoms with van der Waals surface area (Å²) in [7, 11) is 0. The molecule has 0 fully saturated rings. The zero-order valence-electron chi connectivity index (χ0n) is 14.0. The van der Waals surface area contributed by atoms with Crippen molar-refractivity contribution in [3.8, 4) is 0 Å². The monoisotopic (exact) mass is 348 g/mol. The summed E-state index contributed by atoms with van der Waals surface area (Å²) in [5, 5.41) is 21.2. The molecule has 0 heterocycles. The summed E-state index contributed by atoms with van der Waals surface area (Å²) in [6.07, 6.45) is -0.570. The smallest absolute Gasteiger partial charge is 0.249 e. The molecule has 0 aliphatic carbocycles. The average Bonchev–Trinajstić information content (AvgIpc) is 2.52. The first kappa shape index (κ1) is 22.0. The number of rotatable bonds is 11. The lowest BCUT2D eigenvalue weighted by Gasteiger charge is -2.27. The fourth-order valence-electron chi connectivity index (χ4n) is 1.75. The summed E-state index contributed by atoms with van der Waals surface area (Å²) < 4.78 is 0. The molecule has 8 heteroatoms. The van der Waals surface area contributed by atoms with Crippen molar-refractivity contribution in [2.24, 2.45) is 17.1 Å². The Kier molecular flexibility index (Phi) is 10.3. The molecule has 0 aliphatic rings. The van der Waals surface area contributed by atoms with Gasteiger partial charge in [-0.2, -0.15) is 0 Å². The van der Waals surface area contributed by atoms with Crippen molar-refractivity contribution in [3.63, 3.8) is 0 Å². The van der Waals surface area contributed by atoms with Crippen molar-refractivity contribution >= 4 is 28.6 Å². The third-order valence-electron chi connectivity index (χ3n) is 3.41. The molecule has 0 aromatic heterocycles. The minimum absolute atomic E-state index is 0.160. The van der Waals surface area contributed by atoms with Crippen molar-refractivity contribution < 1.29 is 24.6 Å². The van der Waals surface area contributed by atoms with E-state index in [-0.39, 0.29) is 30.5 Å². The van der Waals surface area contributed by atoms with Crippen LogP contribution in [0.4, 0.5) is 0 Å². The van der Waals surface area contributed by atoms with E-state index in [9.17, 15) is 24.6 Å². The molecule has 0 aromatic rings. The molecule has 2 atom stereocenters. The Hall–Kier alpha value is -0.960. The lowest BCUT2D eigenvalue weighted by Crippen LogP contribution is -2.48. The van der Waals surface area contributed by atoms with Crippen LogP contribution in [-0.4, -0.2) is 58.6 Å². The standard InChI is InChI=1S/C15H28N2O5S/c1-4-5-11(19)10(14(22)23-7-6-16)8-17-13(21)12(20)15(2,3)9-18/h10,12,18,20H,4-9,16H2,1-3H3,(H,17,21)/t10?,12-/m0/s1. The second-order valence-corrected chi connectivity index (χ2v) is 7.12. The lowest BCUT2D eigenvalue weighted by atomic mass is 9.87. The molecule has 5 N–H and O–H groups in total. The molecule has 134 valence electrons. The van der Waals surface area contributed by atoms with Gasteiger partial charge in [0.2, 0.25) is 11.0 Å². The summed E-state index contributed by atoms with van der Waals surface area (Å²) in [6, 6.07) is 0. The van der Waals surface area contributed by atoms with E-state index in [1.54, 1.807) is 13.8 Å². The van der Waals surface area contributed by atoms with Gasteiger partial charge in [-0.05, 0) is 6.42 Å². The highest BCUT2D eigenvalue weighted by Gasteiger charge is 2.34. The van der Waals surface area contributed by atoms with Crippen LogP contribution in [-0.2, 0) is 14.4 Å². The van der Waals surface area contributed by atoms with Crippen LogP contribution in [0.25, 0.3) is 0 Å². The molecule has 0 rings (SSSR count). The third-order valence-corrected chi connectivity index (χ3v) is 4.42. The lowest BCUT2D eigenvalue weighted by molar-refractivity contribution is -0.137. The van der Waals surface area contributed by atoms with E-state index in [0.717, 1.165) is 11.8 Å². The minimum atomic E-state index is -1.43. The molecule has 1 unspecified atom stereocenters. The summed E-state index contributed by atoms with van der Waals surface area (Å²) in [5.41, 5.74) is 4.34. The Bertz CT molecular complexity index is 415. The number of Topliss-reactive ketones (excluding diaryl/α,β-unsaturated/α-hetero) is 1. The quantitative estimate of drug-likeness (QED) is 0.377. The van der Waals surface area contributed by atoms with Gasteiger partial charge in [0.1, 0.15) is 17.8 Å². The van der Waals surface area contributed by atoms with Gasteiger partial charge in [0.25, 0.3) is 0 Å². The van der Waals surface area contributed by atoms with E-state index < -0.39 is 23.3 Å². The van der Waals surface area contributed by atoms with Gasteiger partial charge < -0.3 is 21.3 Å². The minimum Gasteiger partial charge on any atom is -0.396 e. The summed E-state index contributed by atoms with van der Waals surface area (Å²) in [6.45, 7) is 4.70. The molecule has 0 saturated carbocycles. The van der Waals surface area contributed by atoms with Crippen molar-refractivity contribution in [1.29, 1.82) is 0 Å². The van der Waals surface area contributed by atoms with Gasteiger partial charge in [-0.15, -0.1) is 0 Å². The predicted octanol–water partition coefficient (Wildman–Crippen LogP) is -0.314. The zero-order chi connectivity index (χ0) is 18.0. The van der Waals surface area contributed by atoms with Gasteiger partial charge in [-0.25, -0.2) is 0 Å². The molecule has 0 radical (unpaired) electrons. The molecule has 0 aliphatic heterocycles. The number of aliphatic hydroxyl groups is 2. The molecular weight excluding hydrogens is 320 g/mol. The van der Waals surface area contributed by atoms with Gasteiger partial charge in [0.05, 0.1) is 6.61 Å². The fourth-order valence-corrected chi connectivity index (χ4v) is 2.49. The molecule has 0 bridgehead atoms. The molecule has 0 aromatic carbocycles. The summed E-state index contributed by atoms with van der Waals surface area (Å²) >= 11 is 0.970. The SMILES string of the molecule is CCCC(=O)C(CNC(=O)[C@H](O)C(C)(C)CO)C(=O)SCCN. The number of carbonyl (C=O) groups excluding carboxylic acids is 3. The summed E-state index contributed by atoms with van der Waals surface area (Å²) in [4.78, 5) is 36.1. The number of nitrogens with one attached hydrogen (secondary N) is 1. The highest BCUT2D eigenvalue weighted by atomic mass is 32.2. The van der Waals surface area contributed by atoms with E-state index in [1.165, 1.54) is 0 Å². The number of nitrogens with two attached hydrogens (primary N) is 1. The van der Waals surface area contributed by atoms with Crippen LogP contribution in [0, 0.1) is 11.3 Å². The highest BCUT2D eigenvalue weighted by molar-refractivity contribution is 8.13. The maximum atomic E-state index is 12.1. The number of ketones is 1. The maximum Gasteiger partial charge on any atom is 0.249 e. The second-order valence-electron chi connectivity index (χ2n) is 6.02. The number of hydrogen-bond acceptors (Lipinski definition) is 7. The number of amides is 1. The first-order chi connectivity index (χ1) is 10.7. The number of carbonyl (C=O) groups is 3. The number of thioether (sulfide) groups is 1. The maximum absolute atomic E-state index is 12.1.